The molecule has 0 rings (SSSR count). The molecule has 0 saturated carbocycles. The summed E-state index contributed by atoms with van der Waals surface area (Å²) in [6, 6.07) is 0. The Morgan fingerprint density at radius 3 is 1.94 bits per heavy atom. The number of rotatable bonds is 12. The Kier molecular flexibility index (Phi) is 12.2. The van der Waals surface area contributed by atoms with Crippen LogP contribution in [0.4, 0.5) is 0 Å². The van der Waals surface area contributed by atoms with E-state index in [9.17, 15) is 4.21 Å². The molecule has 0 aromatic rings. The van der Waals surface area contributed by atoms with E-state index >= 15 is 0 Å². The van der Waals surface area contributed by atoms with Gasteiger partial charge < -0.3 is 14.2 Å². The Morgan fingerprint density at radius 1 is 1.00 bits per heavy atom. The first-order valence-corrected chi connectivity index (χ1v) is 8.90. The smallest absolute Gasteiger partial charge is 0.146 e. The van der Waals surface area contributed by atoms with Gasteiger partial charge in [-0.1, -0.05) is 15.9 Å². The second-order valence-electron chi connectivity index (χ2n) is 2.95. The van der Waals surface area contributed by atoms with E-state index in [1.165, 1.54) is 7.11 Å². The van der Waals surface area contributed by atoms with Crippen LogP contribution >= 0.6 is 15.9 Å². The van der Waals surface area contributed by atoms with Crippen LogP contribution in [-0.2, 0) is 38.4 Å². The van der Waals surface area contributed by atoms with Gasteiger partial charge in [0.05, 0.1) is 52.5 Å². The summed E-state index contributed by atoms with van der Waals surface area (Å²) in [4.78, 5) is 0. The summed E-state index contributed by atoms with van der Waals surface area (Å²) >= 11 is 7.93. The van der Waals surface area contributed by atoms with Crippen molar-refractivity contribution in [1.29, 1.82) is 0 Å². The molecule has 0 aliphatic rings. The van der Waals surface area contributed by atoms with Crippen LogP contribution < -0.4 is 0 Å². The fraction of sp³-hybridized carbons (Fsp3) is 1.00. The molecule has 1 atom stereocenters. The summed E-state index contributed by atoms with van der Waals surface area (Å²) in [6.45, 7) is 3.07. The molecule has 8 heteroatoms. The third-order valence-electron chi connectivity index (χ3n) is 1.70. The predicted molar refractivity (Wildman–Crippen MR) is 73.6 cm³/mol. The van der Waals surface area contributed by atoms with Crippen molar-refractivity contribution in [2.45, 2.75) is 0 Å². The highest BCUT2D eigenvalue weighted by Crippen LogP contribution is 1.91. The summed E-state index contributed by atoms with van der Waals surface area (Å²) < 4.78 is 31.5. The maximum absolute atomic E-state index is 11.3. The quantitative estimate of drug-likeness (QED) is 0.382. The fourth-order valence-corrected chi connectivity index (χ4v) is 1.76. The molecule has 0 aromatic heterocycles. The highest BCUT2D eigenvalue weighted by Gasteiger charge is 2.02. The molecule has 1 unspecified atom stereocenters. The molecule has 0 aliphatic heterocycles. The van der Waals surface area contributed by atoms with Gasteiger partial charge in [-0.25, -0.2) is 4.21 Å². The molecular formula is C9H19BrO5S2. The lowest BCUT2D eigenvalue weighted by Gasteiger charge is -2.07. The van der Waals surface area contributed by atoms with Crippen molar-refractivity contribution in [2.24, 2.45) is 0 Å². The molecule has 0 heterocycles. The topological polar surface area (TPSA) is 54.0 Å². The zero-order valence-electron chi connectivity index (χ0n) is 9.89. The van der Waals surface area contributed by atoms with E-state index in [2.05, 4.69) is 31.3 Å². The molecular weight excluding hydrogens is 332 g/mol. The molecule has 0 amide bonds. The molecule has 0 aliphatic carbocycles. The van der Waals surface area contributed by atoms with Crippen LogP contribution in [-0.4, -0.2) is 62.0 Å². The monoisotopic (exact) mass is 350 g/mol. The number of hydrogen-bond donors (Lipinski definition) is 0. The summed E-state index contributed by atoms with van der Waals surface area (Å²) in [6.07, 6.45) is 0. The zero-order valence-corrected chi connectivity index (χ0v) is 13.1. The highest BCUT2D eigenvalue weighted by atomic mass is 79.9. The van der Waals surface area contributed by atoms with Crippen LogP contribution in [0, 0.1) is 0 Å². The van der Waals surface area contributed by atoms with Gasteiger partial charge in [0.25, 0.3) is 0 Å². The Balaban J connectivity index is 3.14. The van der Waals surface area contributed by atoms with Crippen LogP contribution in [0.15, 0.2) is 0 Å². The Bertz CT molecular complexity index is 258. The van der Waals surface area contributed by atoms with E-state index in [-0.39, 0.29) is 5.75 Å². The fourth-order valence-electron chi connectivity index (χ4n) is 0.841. The normalized spacial score (nSPS) is 14.7. The van der Waals surface area contributed by atoms with Crippen LogP contribution in [0.2, 0.25) is 0 Å². The van der Waals surface area contributed by atoms with E-state index in [4.69, 9.17) is 14.2 Å². The van der Waals surface area contributed by atoms with Gasteiger partial charge in [0, 0.05) is 16.5 Å². The number of hydrogen-bond acceptors (Lipinski definition) is 6. The SMILES string of the molecule is COS(=O)(=S)CCOCCOCCOCCBr. The van der Waals surface area contributed by atoms with Gasteiger partial charge in [-0.2, -0.15) is 0 Å². The van der Waals surface area contributed by atoms with E-state index < -0.39 is 8.77 Å². The lowest BCUT2D eigenvalue weighted by atomic mass is 10.7. The zero-order chi connectivity index (χ0) is 13.0. The largest absolute Gasteiger partial charge is 0.378 e. The van der Waals surface area contributed by atoms with Gasteiger partial charge in [0.15, 0.2) is 0 Å². The molecule has 0 saturated heterocycles. The third kappa shape index (κ3) is 12.9. The number of halogens is 1. The Morgan fingerprint density at radius 2 is 1.47 bits per heavy atom. The van der Waals surface area contributed by atoms with E-state index in [1.54, 1.807) is 0 Å². The molecule has 0 fully saturated rings. The Hall–Kier alpha value is 0.690. The van der Waals surface area contributed by atoms with Crippen LogP contribution in [0.1, 0.15) is 0 Å². The standard InChI is InChI=1S/C9H19BrO5S2/c1-12-17(11,16)9-8-15-7-6-14-5-4-13-3-2-10/h2-9H2,1H3. The van der Waals surface area contributed by atoms with E-state index in [1.807, 2.05) is 0 Å². The highest BCUT2D eigenvalue weighted by molar-refractivity contribution is 9.09. The van der Waals surface area contributed by atoms with E-state index in [0.29, 0.717) is 39.6 Å². The van der Waals surface area contributed by atoms with Gasteiger partial charge >= 0.3 is 0 Å². The van der Waals surface area contributed by atoms with Crippen molar-refractivity contribution < 1.29 is 22.6 Å². The van der Waals surface area contributed by atoms with Crippen molar-refractivity contribution >= 4 is 35.9 Å². The van der Waals surface area contributed by atoms with Crippen LogP contribution in [0.25, 0.3) is 0 Å². The summed E-state index contributed by atoms with van der Waals surface area (Å²) in [5, 5.41) is 0.829. The van der Waals surface area contributed by atoms with Crippen molar-refractivity contribution in [1.82, 2.24) is 0 Å². The van der Waals surface area contributed by atoms with Crippen molar-refractivity contribution in [3.8, 4) is 0 Å². The van der Waals surface area contributed by atoms with Crippen molar-refractivity contribution in [3.05, 3.63) is 0 Å². The minimum atomic E-state index is -2.58. The lowest BCUT2D eigenvalue weighted by molar-refractivity contribution is 0.0204. The lowest BCUT2D eigenvalue weighted by Crippen LogP contribution is -2.15. The number of alkyl halides is 1. The molecule has 0 bridgehead atoms. The summed E-state index contributed by atoms with van der Waals surface area (Å²) in [7, 11) is -1.25. The maximum Gasteiger partial charge on any atom is 0.146 e. The average Bonchev–Trinajstić information content (AvgIpc) is 2.31. The minimum absolute atomic E-state index is 0.229. The van der Waals surface area contributed by atoms with Crippen molar-refractivity contribution in [3.63, 3.8) is 0 Å². The first-order valence-electron chi connectivity index (χ1n) is 5.20. The molecule has 0 radical (unpaired) electrons. The number of ether oxygens (including phenoxy) is 3. The second-order valence-corrected chi connectivity index (χ2v) is 7.13. The predicted octanol–water partition coefficient (Wildman–Crippen LogP) is 0.739. The van der Waals surface area contributed by atoms with Crippen LogP contribution in [0.5, 0.6) is 0 Å². The Labute approximate surface area is 116 Å². The van der Waals surface area contributed by atoms with Gasteiger partial charge in [-0.05, 0) is 0 Å². The molecule has 0 spiro atoms. The van der Waals surface area contributed by atoms with Gasteiger partial charge in [0.1, 0.15) is 8.77 Å². The third-order valence-corrected chi connectivity index (χ3v) is 4.10. The van der Waals surface area contributed by atoms with Gasteiger partial charge in [-0.3, -0.25) is 4.18 Å². The minimum Gasteiger partial charge on any atom is -0.378 e. The van der Waals surface area contributed by atoms with Crippen LogP contribution in [0.3, 0.4) is 0 Å². The average molecular weight is 351 g/mol. The van der Waals surface area contributed by atoms with E-state index in [0.717, 1.165) is 5.33 Å². The first kappa shape index (κ1) is 17.7. The molecule has 5 nitrogen and oxygen atoms in total. The van der Waals surface area contributed by atoms with Gasteiger partial charge in [-0.15, -0.1) is 0 Å². The molecule has 17 heavy (non-hydrogen) atoms. The maximum atomic E-state index is 11.3. The van der Waals surface area contributed by atoms with Crippen molar-refractivity contribution in [2.75, 3.05) is 57.8 Å². The second kappa shape index (κ2) is 11.8. The molecule has 0 aromatic carbocycles. The molecule has 104 valence electrons. The first-order chi connectivity index (χ1) is 8.12. The van der Waals surface area contributed by atoms with Gasteiger partial charge in [0.2, 0.25) is 0 Å². The summed E-state index contributed by atoms with van der Waals surface area (Å²) in [5.41, 5.74) is 0. The summed E-state index contributed by atoms with van der Waals surface area (Å²) in [5.74, 6) is 0.229. The molecule has 0 N–H and O–H groups in total.